The standard InChI is InChI=1S/C63H67N3O2/c1-37-26-38(2)56(39(3)27-37)54-32-43-31-51(64-36-55(43)68-54)42-28-41(29-45(30-42)61(7,8)9)47-22-19-23-53-57(47)65-59(49-34-46(62(10,11)12)35-50(58(49)67)63(13,14)15)66(53)52-25-24-44(60(4,5)6)33-48(52)40-20-17-16-18-21-40/h16-36,67H,1-15H3. The SMILES string of the molecule is Cc1cc(C)c(-c2cc3cc(-c4cc(-c5cccc6c5nc(-c5cc(C(C)(C)C)cc(C(C)(C)C)c5O)n6-c5ccc(C(C)(C)C)cc5-c5ccccc5)cc(C(C)(C)C)c4)ncc3o2)c(C)c1. The molecule has 0 bridgehead atoms. The van der Waals surface area contributed by atoms with Gasteiger partial charge in [0.15, 0.2) is 5.58 Å². The van der Waals surface area contributed by atoms with E-state index in [9.17, 15) is 5.11 Å². The van der Waals surface area contributed by atoms with Crippen LogP contribution in [0.3, 0.4) is 0 Å². The van der Waals surface area contributed by atoms with Crippen LogP contribution in [-0.4, -0.2) is 19.6 Å². The number of benzene rings is 6. The molecule has 0 aliphatic rings. The molecule has 0 spiro atoms. The van der Waals surface area contributed by atoms with Crippen molar-refractivity contribution in [2.24, 2.45) is 0 Å². The first kappa shape index (κ1) is 46.4. The molecule has 0 aliphatic carbocycles. The molecule has 3 aromatic heterocycles. The van der Waals surface area contributed by atoms with Gasteiger partial charge in [-0.3, -0.25) is 9.55 Å². The molecule has 5 heteroatoms. The van der Waals surface area contributed by atoms with Gasteiger partial charge >= 0.3 is 0 Å². The summed E-state index contributed by atoms with van der Waals surface area (Å²) >= 11 is 0. The van der Waals surface area contributed by atoms with Crippen LogP contribution in [0.4, 0.5) is 0 Å². The Morgan fingerprint density at radius 3 is 1.81 bits per heavy atom. The van der Waals surface area contributed by atoms with Crippen LogP contribution in [0.1, 0.15) is 122 Å². The van der Waals surface area contributed by atoms with Gasteiger partial charge in [-0.2, -0.15) is 0 Å². The fourth-order valence-corrected chi connectivity index (χ4v) is 9.77. The predicted molar refractivity (Wildman–Crippen MR) is 286 cm³/mol. The fourth-order valence-electron chi connectivity index (χ4n) is 9.77. The van der Waals surface area contributed by atoms with E-state index in [0.29, 0.717) is 11.4 Å². The van der Waals surface area contributed by atoms with E-state index in [1.165, 1.54) is 27.8 Å². The summed E-state index contributed by atoms with van der Waals surface area (Å²) in [6.07, 6.45) is 1.87. The quantitative estimate of drug-likeness (QED) is 0.181. The van der Waals surface area contributed by atoms with E-state index in [0.717, 1.165) is 83.7 Å². The number of aromatic hydroxyl groups is 1. The molecule has 0 saturated carbocycles. The molecule has 68 heavy (non-hydrogen) atoms. The molecule has 0 radical (unpaired) electrons. The highest BCUT2D eigenvalue weighted by atomic mass is 16.3. The summed E-state index contributed by atoms with van der Waals surface area (Å²) in [5.41, 5.74) is 18.9. The number of imidazole rings is 1. The van der Waals surface area contributed by atoms with E-state index in [4.69, 9.17) is 14.4 Å². The van der Waals surface area contributed by atoms with Crippen molar-refractivity contribution in [1.29, 1.82) is 0 Å². The molecular formula is C63H67N3O2. The van der Waals surface area contributed by atoms with Gasteiger partial charge in [0.25, 0.3) is 0 Å². The molecule has 9 rings (SSSR count). The molecule has 0 aliphatic heterocycles. The summed E-state index contributed by atoms with van der Waals surface area (Å²) in [4.78, 5) is 10.8. The summed E-state index contributed by atoms with van der Waals surface area (Å²) in [6, 6.07) is 43.9. The minimum absolute atomic E-state index is 0.0791. The van der Waals surface area contributed by atoms with Crippen molar-refractivity contribution in [2.45, 2.75) is 126 Å². The van der Waals surface area contributed by atoms with Gasteiger partial charge in [-0.1, -0.05) is 161 Å². The topological polar surface area (TPSA) is 64.1 Å². The second-order valence-corrected chi connectivity index (χ2v) is 23.3. The first-order chi connectivity index (χ1) is 31.9. The summed E-state index contributed by atoms with van der Waals surface area (Å²) in [6.45, 7) is 33.2. The van der Waals surface area contributed by atoms with Crippen LogP contribution in [0.2, 0.25) is 0 Å². The maximum atomic E-state index is 12.6. The van der Waals surface area contributed by atoms with Crippen molar-refractivity contribution < 1.29 is 9.52 Å². The lowest BCUT2D eigenvalue weighted by molar-refractivity contribution is 0.446. The lowest BCUT2D eigenvalue weighted by atomic mass is 9.79. The Kier molecular flexibility index (Phi) is 11.3. The number of rotatable bonds is 6. The largest absolute Gasteiger partial charge is 0.507 e. The highest BCUT2D eigenvalue weighted by molar-refractivity contribution is 5.98. The molecule has 9 aromatic rings. The molecule has 5 nitrogen and oxygen atoms in total. The van der Waals surface area contributed by atoms with Gasteiger partial charge in [0.1, 0.15) is 17.3 Å². The molecule has 0 saturated heterocycles. The Morgan fingerprint density at radius 2 is 1.16 bits per heavy atom. The van der Waals surface area contributed by atoms with Crippen LogP contribution < -0.4 is 0 Å². The number of hydrogen-bond donors (Lipinski definition) is 1. The molecular weight excluding hydrogens is 831 g/mol. The molecule has 1 N–H and O–H groups in total. The van der Waals surface area contributed by atoms with Crippen molar-refractivity contribution in [3.63, 3.8) is 0 Å². The average Bonchev–Trinajstić information content (AvgIpc) is 3.86. The van der Waals surface area contributed by atoms with Gasteiger partial charge < -0.3 is 9.52 Å². The first-order valence-electron chi connectivity index (χ1n) is 24.1. The van der Waals surface area contributed by atoms with Gasteiger partial charge in [0, 0.05) is 33.2 Å². The van der Waals surface area contributed by atoms with E-state index in [-0.39, 0.29) is 27.4 Å². The molecule has 0 atom stereocenters. The number of para-hydroxylation sites is 1. The normalized spacial score (nSPS) is 12.7. The van der Waals surface area contributed by atoms with Gasteiger partial charge in [-0.25, -0.2) is 4.98 Å². The zero-order chi connectivity index (χ0) is 48.8. The highest BCUT2D eigenvalue weighted by Crippen LogP contribution is 2.46. The number of furan rings is 1. The van der Waals surface area contributed by atoms with Gasteiger partial charge in [0.2, 0.25) is 0 Å². The van der Waals surface area contributed by atoms with Crippen LogP contribution in [0.5, 0.6) is 5.75 Å². The number of aryl methyl sites for hydroxylation is 3. The second kappa shape index (κ2) is 16.5. The third kappa shape index (κ3) is 8.57. The second-order valence-electron chi connectivity index (χ2n) is 23.3. The van der Waals surface area contributed by atoms with Crippen molar-refractivity contribution in [3.8, 4) is 67.7 Å². The summed E-state index contributed by atoms with van der Waals surface area (Å²) < 4.78 is 8.77. The number of aromatic nitrogens is 3. The molecule has 3 heterocycles. The predicted octanol–water partition coefficient (Wildman–Crippen LogP) is 17.3. The van der Waals surface area contributed by atoms with E-state index >= 15 is 0 Å². The van der Waals surface area contributed by atoms with E-state index in [1.807, 2.05) is 6.20 Å². The van der Waals surface area contributed by atoms with Gasteiger partial charge in [-0.15, -0.1) is 0 Å². The molecule has 6 aromatic carbocycles. The Hall–Kier alpha value is -6.72. The number of fused-ring (bicyclic) bond motifs is 2. The van der Waals surface area contributed by atoms with E-state index in [1.54, 1.807) is 0 Å². The van der Waals surface area contributed by atoms with Crippen molar-refractivity contribution in [3.05, 3.63) is 166 Å². The zero-order valence-corrected chi connectivity index (χ0v) is 42.8. The minimum Gasteiger partial charge on any atom is -0.507 e. The van der Waals surface area contributed by atoms with E-state index in [2.05, 4.69) is 230 Å². The zero-order valence-electron chi connectivity index (χ0n) is 42.8. The Labute approximate surface area is 404 Å². The van der Waals surface area contributed by atoms with Crippen LogP contribution in [-0.2, 0) is 21.7 Å². The molecule has 346 valence electrons. The fraction of sp³-hybridized carbons (Fsp3) is 0.302. The number of phenols is 1. The average molecular weight is 898 g/mol. The van der Waals surface area contributed by atoms with Crippen molar-refractivity contribution >= 4 is 22.0 Å². The maximum Gasteiger partial charge on any atom is 0.153 e. The van der Waals surface area contributed by atoms with Crippen LogP contribution in [0.15, 0.2) is 132 Å². The number of hydrogen-bond acceptors (Lipinski definition) is 4. The smallest absolute Gasteiger partial charge is 0.153 e. The minimum atomic E-state index is -0.330. The lowest BCUT2D eigenvalue weighted by Gasteiger charge is -2.28. The third-order valence-electron chi connectivity index (χ3n) is 13.6. The Balaban J connectivity index is 1.32. The number of nitrogens with zero attached hydrogens (tertiary/aromatic N) is 3. The van der Waals surface area contributed by atoms with Gasteiger partial charge in [0.05, 0.1) is 34.2 Å². The van der Waals surface area contributed by atoms with Crippen LogP contribution in [0.25, 0.3) is 83.9 Å². The molecule has 0 fully saturated rings. The Morgan fingerprint density at radius 1 is 0.529 bits per heavy atom. The maximum absolute atomic E-state index is 12.6. The third-order valence-corrected chi connectivity index (χ3v) is 13.6. The molecule has 0 unspecified atom stereocenters. The van der Waals surface area contributed by atoms with E-state index < -0.39 is 0 Å². The van der Waals surface area contributed by atoms with Crippen molar-refractivity contribution in [2.75, 3.05) is 0 Å². The summed E-state index contributed by atoms with van der Waals surface area (Å²) in [5, 5.41) is 13.6. The monoisotopic (exact) mass is 898 g/mol. The number of phenolic OH excluding ortho intramolecular Hbond substituents is 1. The van der Waals surface area contributed by atoms with Crippen LogP contribution in [0, 0.1) is 20.8 Å². The van der Waals surface area contributed by atoms with Crippen molar-refractivity contribution in [1.82, 2.24) is 14.5 Å². The summed E-state index contributed by atoms with van der Waals surface area (Å²) in [7, 11) is 0. The molecule has 0 amide bonds. The van der Waals surface area contributed by atoms with Crippen LogP contribution >= 0.6 is 0 Å². The Bertz CT molecular complexity index is 3380. The highest BCUT2D eigenvalue weighted by Gasteiger charge is 2.30. The first-order valence-corrected chi connectivity index (χ1v) is 24.1. The number of pyridine rings is 1. The van der Waals surface area contributed by atoms with Gasteiger partial charge in [-0.05, 0) is 130 Å². The summed E-state index contributed by atoms with van der Waals surface area (Å²) in [5.74, 6) is 1.80. The lowest BCUT2D eigenvalue weighted by Crippen LogP contribution is -2.17.